The molecule has 0 saturated carbocycles. The zero-order valence-corrected chi connectivity index (χ0v) is 13.8. The van der Waals surface area contributed by atoms with E-state index in [2.05, 4.69) is 10.2 Å². The Balaban J connectivity index is 1.99. The molecular formula is C17H20ClFN2O2. The second kappa shape index (κ2) is 7.34. The van der Waals surface area contributed by atoms with Gasteiger partial charge >= 0.3 is 0 Å². The molecule has 6 heteroatoms. The van der Waals surface area contributed by atoms with Gasteiger partial charge in [-0.15, -0.1) is 0 Å². The normalized spacial score (nSPS) is 17.2. The second-order valence-electron chi connectivity index (χ2n) is 5.45. The minimum atomic E-state index is -0.443. The smallest absolute Gasteiger partial charge is 0.173 e. The Bertz CT molecular complexity index is 619. The number of nitrogens with zero attached hydrogens (tertiary/aromatic N) is 1. The van der Waals surface area contributed by atoms with Crippen LogP contribution in [-0.4, -0.2) is 37.7 Å². The van der Waals surface area contributed by atoms with Gasteiger partial charge in [-0.2, -0.15) is 0 Å². The Kier molecular flexibility index (Phi) is 5.20. The Morgan fingerprint density at radius 1 is 1.39 bits per heavy atom. The highest BCUT2D eigenvalue weighted by atomic mass is 35.5. The van der Waals surface area contributed by atoms with Gasteiger partial charge in [-0.3, -0.25) is 4.90 Å². The van der Waals surface area contributed by atoms with E-state index in [-0.39, 0.29) is 16.8 Å². The van der Waals surface area contributed by atoms with E-state index in [1.54, 1.807) is 19.3 Å². The van der Waals surface area contributed by atoms with E-state index in [0.717, 1.165) is 37.5 Å². The van der Waals surface area contributed by atoms with Crippen molar-refractivity contribution in [3.05, 3.63) is 52.7 Å². The van der Waals surface area contributed by atoms with E-state index in [1.165, 1.54) is 6.07 Å². The van der Waals surface area contributed by atoms with Crippen LogP contribution in [0.4, 0.5) is 4.39 Å². The van der Waals surface area contributed by atoms with Crippen LogP contribution in [0.2, 0.25) is 5.02 Å². The summed E-state index contributed by atoms with van der Waals surface area (Å²) in [6.45, 7) is 5.68. The third-order valence-electron chi connectivity index (χ3n) is 3.95. The minimum Gasteiger partial charge on any atom is -0.489 e. The predicted octanol–water partition coefficient (Wildman–Crippen LogP) is 3.47. The first kappa shape index (κ1) is 16.3. The summed E-state index contributed by atoms with van der Waals surface area (Å²) in [6.07, 6.45) is 1.64. The van der Waals surface area contributed by atoms with E-state index >= 15 is 0 Å². The molecule has 1 saturated heterocycles. The summed E-state index contributed by atoms with van der Waals surface area (Å²) in [5, 5.41) is 3.61. The van der Waals surface area contributed by atoms with Gasteiger partial charge in [0.05, 0.1) is 23.9 Å². The standard InChI is InChI=1S/C17H20ClFN2O2/c1-2-22-17-13(18)10-12(11-14(17)19)16(15-4-3-9-23-15)21-7-5-20-6-8-21/h3-4,9-11,16,20H,2,5-8H2,1H3/t16-/m1/s1. The molecule has 124 valence electrons. The highest BCUT2D eigenvalue weighted by Gasteiger charge is 2.27. The summed E-state index contributed by atoms with van der Waals surface area (Å²) in [5.41, 5.74) is 0.771. The fourth-order valence-corrected chi connectivity index (χ4v) is 3.23. The Labute approximate surface area is 140 Å². The highest BCUT2D eigenvalue weighted by molar-refractivity contribution is 6.32. The fraction of sp³-hybridized carbons (Fsp3) is 0.412. The van der Waals surface area contributed by atoms with Crippen LogP contribution in [0.15, 0.2) is 34.9 Å². The monoisotopic (exact) mass is 338 g/mol. The molecule has 4 nitrogen and oxygen atoms in total. The van der Waals surface area contributed by atoms with Crippen molar-refractivity contribution in [3.8, 4) is 5.75 Å². The number of furan rings is 1. The lowest BCUT2D eigenvalue weighted by Crippen LogP contribution is -2.45. The first-order valence-electron chi connectivity index (χ1n) is 7.80. The fourth-order valence-electron chi connectivity index (χ4n) is 2.96. The number of nitrogens with one attached hydrogen (secondary N) is 1. The van der Waals surface area contributed by atoms with Crippen LogP contribution in [0.1, 0.15) is 24.3 Å². The van der Waals surface area contributed by atoms with Crippen LogP contribution in [0, 0.1) is 5.82 Å². The van der Waals surface area contributed by atoms with Crippen molar-refractivity contribution in [3.63, 3.8) is 0 Å². The van der Waals surface area contributed by atoms with Gasteiger partial charge in [-0.05, 0) is 36.8 Å². The topological polar surface area (TPSA) is 37.6 Å². The van der Waals surface area contributed by atoms with E-state index in [9.17, 15) is 4.39 Å². The average Bonchev–Trinajstić information content (AvgIpc) is 3.06. The molecule has 3 rings (SSSR count). The maximum atomic E-state index is 14.4. The van der Waals surface area contributed by atoms with Gasteiger partial charge in [0.1, 0.15) is 5.76 Å². The van der Waals surface area contributed by atoms with Crippen LogP contribution in [0.3, 0.4) is 0 Å². The highest BCUT2D eigenvalue weighted by Crippen LogP contribution is 2.36. The van der Waals surface area contributed by atoms with E-state index < -0.39 is 5.82 Å². The van der Waals surface area contributed by atoms with E-state index in [0.29, 0.717) is 6.61 Å². The number of benzene rings is 1. The molecule has 1 aromatic carbocycles. The molecule has 2 aromatic rings. The quantitative estimate of drug-likeness (QED) is 0.906. The lowest BCUT2D eigenvalue weighted by atomic mass is 10.0. The minimum absolute atomic E-state index is 0.108. The number of piperazine rings is 1. The maximum absolute atomic E-state index is 14.4. The largest absolute Gasteiger partial charge is 0.489 e. The zero-order valence-electron chi connectivity index (χ0n) is 13.0. The summed E-state index contributed by atoms with van der Waals surface area (Å²) >= 11 is 6.23. The second-order valence-corrected chi connectivity index (χ2v) is 5.86. The molecule has 23 heavy (non-hydrogen) atoms. The van der Waals surface area contributed by atoms with Crippen molar-refractivity contribution in [2.75, 3.05) is 32.8 Å². The van der Waals surface area contributed by atoms with Crippen LogP contribution >= 0.6 is 11.6 Å². The predicted molar refractivity (Wildman–Crippen MR) is 87.6 cm³/mol. The molecule has 1 aromatic heterocycles. The van der Waals surface area contributed by atoms with Crippen molar-refractivity contribution in [2.24, 2.45) is 0 Å². The van der Waals surface area contributed by atoms with Crippen molar-refractivity contribution in [1.29, 1.82) is 0 Å². The Morgan fingerprint density at radius 3 is 2.78 bits per heavy atom. The number of halogens is 2. The van der Waals surface area contributed by atoms with Crippen LogP contribution in [0.5, 0.6) is 5.75 Å². The van der Waals surface area contributed by atoms with Crippen LogP contribution in [0.25, 0.3) is 0 Å². The molecule has 1 N–H and O–H groups in total. The summed E-state index contributed by atoms with van der Waals surface area (Å²) < 4.78 is 25.3. The van der Waals surface area contributed by atoms with Gasteiger partial charge in [0, 0.05) is 26.2 Å². The van der Waals surface area contributed by atoms with Gasteiger partial charge in [-0.25, -0.2) is 4.39 Å². The molecule has 0 unspecified atom stereocenters. The van der Waals surface area contributed by atoms with Gasteiger partial charge in [0.2, 0.25) is 0 Å². The summed E-state index contributed by atoms with van der Waals surface area (Å²) in [4.78, 5) is 2.26. The molecular weight excluding hydrogens is 319 g/mol. The molecule has 1 atom stereocenters. The average molecular weight is 339 g/mol. The van der Waals surface area contributed by atoms with E-state index in [4.69, 9.17) is 20.8 Å². The number of rotatable bonds is 5. The molecule has 0 radical (unpaired) electrons. The number of hydrogen-bond donors (Lipinski definition) is 1. The molecule has 1 aliphatic rings. The zero-order chi connectivity index (χ0) is 16.2. The van der Waals surface area contributed by atoms with Gasteiger partial charge < -0.3 is 14.5 Å². The lowest BCUT2D eigenvalue weighted by Gasteiger charge is -2.34. The first-order chi connectivity index (χ1) is 11.2. The molecule has 1 aliphatic heterocycles. The molecule has 0 amide bonds. The lowest BCUT2D eigenvalue weighted by molar-refractivity contribution is 0.179. The van der Waals surface area contributed by atoms with Crippen molar-refractivity contribution in [1.82, 2.24) is 10.2 Å². The molecule has 1 fully saturated rings. The summed E-state index contributed by atoms with van der Waals surface area (Å²) in [5.74, 6) is 0.448. The molecule has 2 heterocycles. The Morgan fingerprint density at radius 2 is 2.17 bits per heavy atom. The molecule has 0 bridgehead atoms. The van der Waals surface area contributed by atoms with Gasteiger partial charge in [-0.1, -0.05) is 11.6 Å². The summed E-state index contributed by atoms with van der Waals surface area (Å²) in [6, 6.07) is 6.86. The van der Waals surface area contributed by atoms with E-state index in [1.807, 2.05) is 12.1 Å². The molecule has 0 aliphatic carbocycles. The maximum Gasteiger partial charge on any atom is 0.173 e. The van der Waals surface area contributed by atoms with Crippen LogP contribution < -0.4 is 10.1 Å². The van der Waals surface area contributed by atoms with Crippen LogP contribution in [-0.2, 0) is 0 Å². The first-order valence-corrected chi connectivity index (χ1v) is 8.18. The third kappa shape index (κ3) is 3.52. The van der Waals surface area contributed by atoms with Crippen molar-refractivity contribution in [2.45, 2.75) is 13.0 Å². The molecule has 0 spiro atoms. The summed E-state index contributed by atoms with van der Waals surface area (Å²) in [7, 11) is 0. The van der Waals surface area contributed by atoms with Crippen molar-refractivity contribution >= 4 is 11.6 Å². The SMILES string of the molecule is CCOc1c(F)cc([C@H](c2ccco2)N2CCNCC2)cc1Cl. The van der Waals surface area contributed by atoms with Gasteiger partial charge in [0.15, 0.2) is 11.6 Å². The number of ether oxygens (including phenoxy) is 1. The third-order valence-corrected chi connectivity index (χ3v) is 4.24. The van der Waals surface area contributed by atoms with Gasteiger partial charge in [0.25, 0.3) is 0 Å². The Hall–Kier alpha value is -1.56. The number of hydrogen-bond acceptors (Lipinski definition) is 4. The van der Waals surface area contributed by atoms with Crippen molar-refractivity contribution < 1.29 is 13.5 Å².